The Morgan fingerprint density at radius 3 is 2.27 bits per heavy atom. The van der Waals surface area contributed by atoms with Crippen LogP contribution in [0, 0.1) is 11.6 Å². The SMILES string of the molecule is COc1c(F)c(F)cc2c1C(C)(C)CC(O)(C(F)(F)F)C2=O. The molecule has 1 atom stereocenters. The van der Waals surface area contributed by atoms with Crippen LogP contribution >= 0.6 is 0 Å². The second kappa shape index (κ2) is 4.65. The van der Waals surface area contributed by atoms with Gasteiger partial charge < -0.3 is 9.84 Å². The number of benzene rings is 1. The van der Waals surface area contributed by atoms with Crippen LogP contribution in [0.5, 0.6) is 5.75 Å². The molecule has 22 heavy (non-hydrogen) atoms. The van der Waals surface area contributed by atoms with Crippen molar-refractivity contribution < 1.29 is 36.6 Å². The molecular weight excluding hydrogens is 311 g/mol. The maximum absolute atomic E-state index is 13.8. The van der Waals surface area contributed by atoms with Crippen LogP contribution in [0.4, 0.5) is 22.0 Å². The number of aliphatic hydroxyl groups is 1. The average molecular weight is 324 g/mol. The lowest BCUT2D eigenvalue weighted by atomic mass is 9.65. The molecule has 2 rings (SSSR count). The number of rotatable bonds is 1. The number of ketones is 1. The van der Waals surface area contributed by atoms with Crippen molar-refractivity contribution in [2.24, 2.45) is 0 Å². The topological polar surface area (TPSA) is 46.5 Å². The highest BCUT2D eigenvalue weighted by Gasteiger charge is 2.64. The van der Waals surface area contributed by atoms with E-state index in [1.807, 2.05) is 0 Å². The fraction of sp³-hybridized carbons (Fsp3) is 0.500. The molecule has 0 radical (unpaired) electrons. The number of carbonyl (C=O) groups is 1. The predicted octanol–water partition coefficient (Wildman–Crippen LogP) is 3.13. The van der Waals surface area contributed by atoms with Gasteiger partial charge in [-0.05, 0) is 11.5 Å². The maximum atomic E-state index is 13.8. The molecule has 0 aliphatic heterocycles. The Labute approximate surface area is 122 Å². The Bertz CT molecular complexity index is 651. The quantitative estimate of drug-likeness (QED) is 0.808. The minimum Gasteiger partial charge on any atom is -0.493 e. The number of alkyl halides is 3. The second-order valence-corrected chi connectivity index (χ2v) is 5.88. The van der Waals surface area contributed by atoms with Gasteiger partial charge in [0.05, 0.1) is 7.11 Å². The molecule has 0 spiro atoms. The lowest BCUT2D eigenvalue weighted by molar-refractivity contribution is -0.244. The van der Waals surface area contributed by atoms with Crippen LogP contribution in [0.25, 0.3) is 0 Å². The molecule has 122 valence electrons. The smallest absolute Gasteiger partial charge is 0.424 e. The van der Waals surface area contributed by atoms with Gasteiger partial charge in [-0.1, -0.05) is 13.8 Å². The van der Waals surface area contributed by atoms with Crippen LogP contribution in [0.15, 0.2) is 6.07 Å². The summed E-state index contributed by atoms with van der Waals surface area (Å²) in [6.07, 6.45) is -6.26. The van der Waals surface area contributed by atoms with Crippen molar-refractivity contribution >= 4 is 5.78 Å². The van der Waals surface area contributed by atoms with E-state index in [0.717, 1.165) is 7.11 Å². The van der Waals surface area contributed by atoms with Crippen LogP contribution < -0.4 is 4.74 Å². The van der Waals surface area contributed by atoms with Gasteiger partial charge in [-0.25, -0.2) is 4.39 Å². The standard InChI is InChI=1S/C14H13F5O3/c1-12(2)5-13(21,14(17,18)19)11(20)6-4-7(15)9(16)10(22-3)8(6)12/h4,21H,5H2,1-3H3. The molecule has 1 aromatic carbocycles. The summed E-state index contributed by atoms with van der Waals surface area (Å²) in [7, 11) is 1.02. The van der Waals surface area contributed by atoms with E-state index in [2.05, 4.69) is 0 Å². The lowest BCUT2D eigenvalue weighted by Gasteiger charge is -2.42. The number of hydrogen-bond acceptors (Lipinski definition) is 3. The summed E-state index contributed by atoms with van der Waals surface area (Å²) in [6.45, 7) is 2.57. The first-order valence-electron chi connectivity index (χ1n) is 6.27. The lowest BCUT2D eigenvalue weighted by Crippen LogP contribution is -2.58. The van der Waals surface area contributed by atoms with Crippen molar-refractivity contribution in [1.29, 1.82) is 0 Å². The van der Waals surface area contributed by atoms with Crippen LogP contribution in [0.1, 0.15) is 36.2 Å². The van der Waals surface area contributed by atoms with Crippen LogP contribution in [0.3, 0.4) is 0 Å². The number of ether oxygens (including phenoxy) is 1. The Morgan fingerprint density at radius 1 is 1.27 bits per heavy atom. The first kappa shape index (κ1) is 16.7. The molecule has 1 aliphatic carbocycles. The van der Waals surface area contributed by atoms with E-state index < -0.39 is 52.3 Å². The molecule has 3 nitrogen and oxygen atoms in total. The minimum absolute atomic E-state index is 0.187. The molecule has 0 amide bonds. The van der Waals surface area contributed by atoms with E-state index in [9.17, 15) is 31.9 Å². The van der Waals surface area contributed by atoms with Gasteiger partial charge in [-0.3, -0.25) is 4.79 Å². The third-order valence-corrected chi connectivity index (χ3v) is 3.84. The number of hydrogen-bond donors (Lipinski definition) is 1. The van der Waals surface area contributed by atoms with Gasteiger partial charge in [0.25, 0.3) is 0 Å². The fourth-order valence-corrected chi connectivity index (χ4v) is 2.91. The number of fused-ring (bicyclic) bond motifs is 1. The van der Waals surface area contributed by atoms with Crippen LogP contribution in [0.2, 0.25) is 0 Å². The minimum atomic E-state index is -5.24. The molecule has 0 saturated carbocycles. The Kier molecular flexibility index (Phi) is 3.52. The third kappa shape index (κ3) is 2.08. The Balaban J connectivity index is 2.84. The van der Waals surface area contributed by atoms with Gasteiger partial charge in [-0.15, -0.1) is 0 Å². The Hall–Kier alpha value is -1.70. The summed E-state index contributed by atoms with van der Waals surface area (Å²) in [5.41, 5.74) is -6.04. The highest BCUT2D eigenvalue weighted by atomic mass is 19.4. The van der Waals surface area contributed by atoms with E-state index in [-0.39, 0.29) is 5.56 Å². The van der Waals surface area contributed by atoms with Crippen LogP contribution in [-0.2, 0) is 5.41 Å². The van der Waals surface area contributed by atoms with Crippen LogP contribution in [-0.4, -0.2) is 29.8 Å². The van der Waals surface area contributed by atoms with Crippen molar-refractivity contribution in [3.63, 3.8) is 0 Å². The van der Waals surface area contributed by atoms with Gasteiger partial charge in [0.2, 0.25) is 17.2 Å². The molecule has 0 fully saturated rings. The van der Waals surface area contributed by atoms with Crippen molar-refractivity contribution in [3.8, 4) is 5.75 Å². The fourth-order valence-electron chi connectivity index (χ4n) is 2.91. The molecule has 1 aromatic rings. The Morgan fingerprint density at radius 2 is 1.82 bits per heavy atom. The molecule has 0 bridgehead atoms. The van der Waals surface area contributed by atoms with Crippen molar-refractivity contribution in [3.05, 3.63) is 28.8 Å². The highest BCUT2D eigenvalue weighted by molar-refractivity contribution is 6.06. The number of methoxy groups -OCH3 is 1. The van der Waals surface area contributed by atoms with Crippen molar-refractivity contribution in [1.82, 2.24) is 0 Å². The first-order chi connectivity index (χ1) is 9.87. The summed E-state index contributed by atoms with van der Waals surface area (Å²) in [4.78, 5) is 12.1. The molecule has 8 heteroatoms. The summed E-state index contributed by atoms with van der Waals surface area (Å²) in [5, 5.41) is 9.85. The highest BCUT2D eigenvalue weighted by Crippen LogP contribution is 2.51. The van der Waals surface area contributed by atoms with Gasteiger partial charge in [0.15, 0.2) is 11.6 Å². The van der Waals surface area contributed by atoms with Crippen molar-refractivity contribution in [2.75, 3.05) is 7.11 Å². The number of Topliss-reactive ketones (excluding diaryl/α,β-unsaturated/α-hetero) is 1. The van der Waals surface area contributed by atoms with E-state index in [0.29, 0.717) is 6.07 Å². The summed E-state index contributed by atoms with van der Waals surface area (Å²) < 4.78 is 71.4. The summed E-state index contributed by atoms with van der Waals surface area (Å²) in [5.74, 6) is -5.25. The maximum Gasteiger partial charge on any atom is 0.424 e. The summed E-state index contributed by atoms with van der Waals surface area (Å²) >= 11 is 0. The van der Waals surface area contributed by atoms with Crippen molar-refractivity contribution in [2.45, 2.75) is 37.5 Å². The largest absolute Gasteiger partial charge is 0.493 e. The normalized spacial score (nSPS) is 24.1. The molecule has 0 saturated heterocycles. The zero-order chi connectivity index (χ0) is 17.1. The molecular formula is C14H13F5O3. The second-order valence-electron chi connectivity index (χ2n) is 5.88. The zero-order valence-electron chi connectivity index (χ0n) is 11.9. The van der Waals surface area contributed by atoms with Gasteiger partial charge >= 0.3 is 6.18 Å². The molecule has 1 unspecified atom stereocenters. The average Bonchev–Trinajstić information content (AvgIpc) is 2.36. The first-order valence-corrected chi connectivity index (χ1v) is 6.27. The predicted molar refractivity (Wildman–Crippen MR) is 65.9 cm³/mol. The molecule has 0 aromatic heterocycles. The molecule has 0 heterocycles. The zero-order valence-corrected chi connectivity index (χ0v) is 11.9. The van der Waals surface area contributed by atoms with E-state index in [1.165, 1.54) is 13.8 Å². The number of carbonyl (C=O) groups excluding carboxylic acids is 1. The van der Waals surface area contributed by atoms with E-state index in [4.69, 9.17) is 4.74 Å². The van der Waals surface area contributed by atoms with E-state index in [1.54, 1.807) is 0 Å². The molecule has 1 aliphatic rings. The monoisotopic (exact) mass is 324 g/mol. The van der Waals surface area contributed by atoms with Gasteiger partial charge in [0, 0.05) is 17.5 Å². The third-order valence-electron chi connectivity index (χ3n) is 3.84. The summed E-state index contributed by atoms with van der Waals surface area (Å²) in [6, 6.07) is 0.368. The van der Waals surface area contributed by atoms with Gasteiger partial charge in [0.1, 0.15) is 0 Å². The van der Waals surface area contributed by atoms with E-state index >= 15 is 0 Å². The van der Waals surface area contributed by atoms with Gasteiger partial charge in [-0.2, -0.15) is 17.6 Å². The molecule has 1 N–H and O–H groups in total. The number of halogens is 5.